The van der Waals surface area contributed by atoms with Crippen molar-refractivity contribution in [2.75, 3.05) is 19.7 Å². The third-order valence-corrected chi connectivity index (χ3v) is 4.49. The SMILES string of the molecule is Cc1c(C#CCO)cccc1C(=O)N1CCC(C)C(C)C1. The van der Waals surface area contributed by atoms with E-state index in [2.05, 4.69) is 25.7 Å². The van der Waals surface area contributed by atoms with E-state index in [4.69, 9.17) is 5.11 Å². The lowest BCUT2D eigenvalue weighted by molar-refractivity contribution is 0.0626. The van der Waals surface area contributed by atoms with Gasteiger partial charge in [-0.15, -0.1) is 0 Å². The first-order valence-electron chi connectivity index (χ1n) is 7.53. The Morgan fingerprint density at radius 3 is 2.81 bits per heavy atom. The molecule has 1 aliphatic heterocycles. The average molecular weight is 285 g/mol. The highest BCUT2D eigenvalue weighted by Crippen LogP contribution is 2.24. The molecule has 0 aromatic heterocycles. The van der Waals surface area contributed by atoms with Crippen LogP contribution in [-0.2, 0) is 0 Å². The second-order valence-electron chi connectivity index (χ2n) is 5.93. The standard InChI is InChI=1S/C18H23NO2/c1-13-9-10-19(12-14(13)2)18(21)17-8-4-6-16(15(17)3)7-5-11-20/h4,6,8,13-14,20H,9-12H2,1-3H3. The minimum Gasteiger partial charge on any atom is -0.384 e. The summed E-state index contributed by atoms with van der Waals surface area (Å²) in [5.41, 5.74) is 2.43. The van der Waals surface area contributed by atoms with E-state index < -0.39 is 0 Å². The van der Waals surface area contributed by atoms with Gasteiger partial charge in [0.05, 0.1) is 0 Å². The number of carbonyl (C=O) groups is 1. The van der Waals surface area contributed by atoms with Gasteiger partial charge in [0.15, 0.2) is 0 Å². The Kier molecular flexibility index (Phi) is 5.03. The molecular weight excluding hydrogens is 262 g/mol. The number of amides is 1. The first kappa shape index (κ1) is 15.6. The molecule has 0 aliphatic carbocycles. The molecule has 3 heteroatoms. The summed E-state index contributed by atoms with van der Waals surface area (Å²) in [7, 11) is 0. The molecule has 1 N–H and O–H groups in total. The van der Waals surface area contributed by atoms with Crippen molar-refractivity contribution in [3.05, 3.63) is 34.9 Å². The van der Waals surface area contributed by atoms with E-state index in [0.29, 0.717) is 11.8 Å². The molecule has 1 aromatic carbocycles. The van der Waals surface area contributed by atoms with Crippen LogP contribution in [0.3, 0.4) is 0 Å². The number of aliphatic hydroxyl groups excluding tert-OH is 1. The summed E-state index contributed by atoms with van der Waals surface area (Å²) in [6.07, 6.45) is 1.07. The van der Waals surface area contributed by atoms with Crippen LogP contribution < -0.4 is 0 Å². The Morgan fingerprint density at radius 2 is 2.14 bits per heavy atom. The van der Waals surface area contributed by atoms with Gasteiger partial charge in [-0.25, -0.2) is 0 Å². The fourth-order valence-corrected chi connectivity index (χ4v) is 2.76. The summed E-state index contributed by atoms with van der Waals surface area (Å²) < 4.78 is 0. The predicted molar refractivity (Wildman–Crippen MR) is 84.0 cm³/mol. The van der Waals surface area contributed by atoms with E-state index in [1.54, 1.807) is 0 Å². The lowest BCUT2D eigenvalue weighted by atomic mass is 9.88. The number of benzene rings is 1. The maximum absolute atomic E-state index is 12.7. The molecule has 0 bridgehead atoms. The van der Waals surface area contributed by atoms with Crippen molar-refractivity contribution in [3.8, 4) is 11.8 Å². The summed E-state index contributed by atoms with van der Waals surface area (Å²) in [5, 5.41) is 8.81. The van der Waals surface area contributed by atoms with Crippen LogP contribution in [0.4, 0.5) is 0 Å². The zero-order valence-electron chi connectivity index (χ0n) is 13.0. The van der Waals surface area contributed by atoms with Crippen LogP contribution >= 0.6 is 0 Å². The van der Waals surface area contributed by atoms with Crippen LogP contribution in [-0.4, -0.2) is 35.6 Å². The Bertz CT molecular complexity index is 583. The molecule has 0 spiro atoms. The molecule has 21 heavy (non-hydrogen) atoms. The Morgan fingerprint density at radius 1 is 1.38 bits per heavy atom. The van der Waals surface area contributed by atoms with E-state index in [9.17, 15) is 4.79 Å². The smallest absolute Gasteiger partial charge is 0.254 e. The Hall–Kier alpha value is -1.79. The van der Waals surface area contributed by atoms with E-state index in [0.717, 1.165) is 36.2 Å². The van der Waals surface area contributed by atoms with Crippen LogP contribution in [0.1, 0.15) is 41.8 Å². The predicted octanol–water partition coefficient (Wildman–Crippen LogP) is 2.46. The minimum atomic E-state index is -0.168. The zero-order valence-corrected chi connectivity index (χ0v) is 13.0. The van der Waals surface area contributed by atoms with Crippen molar-refractivity contribution < 1.29 is 9.90 Å². The van der Waals surface area contributed by atoms with Crippen molar-refractivity contribution in [3.63, 3.8) is 0 Å². The molecule has 0 radical (unpaired) electrons. The molecule has 112 valence electrons. The van der Waals surface area contributed by atoms with Crippen molar-refractivity contribution >= 4 is 5.91 Å². The first-order valence-corrected chi connectivity index (χ1v) is 7.53. The van der Waals surface area contributed by atoms with Gasteiger partial charge in [0.1, 0.15) is 6.61 Å². The molecule has 1 aliphatic rings. The van der Waals surface area contributed by atoms with Gasteiger partial charge in [0, 0.05) is 24.2 Å². The fourth-order valence-electron chi connectivity index (χ4n) is 2.76. The molecule has 2 atom stereocenters. The van der Waals surface area contributed by atoms with Crippen molar-refractivity contribution in [1.29, 1.82) is 0 Å². The number of aliphatic hydroxyl groups is 1. The highest BCUT2D eigenvalue weighted by molar-refractivity contribution is 5.96. The number of carbonyl (C=O) groups excluding carboxylic acids is 1. The molecular formula is C18H23NO2. The Balaban J connectivity index is 2.23. The van der Waals surface area contributed by atoms with Gasteiger partial charge in [0.25, 0.3) is 5.91 Å². The highest BCUT2D eigenvalue weighted by Gasteiger charge is 2.27. The average Bonchev–Trinajstić information content (AvgIpc) is 2.48. The van der Waals surface area contributed by atoms with Crippen LogP contribution in [0.25, 0.3) is 0 Å². The van der Waals surface area contributed by atoms with Gasteiger partial charge in [-0.2, -0.15) is 0 Å². The first-order chi connectivity index (χ1) is 10.0. The van der Waals surface area contributed by atoms with Crippen LogP contribution in [0.5, 0.6) is 0 Å². The fraction of sp³-hybridized carbons (Fsp3) is 0.500. The van der Waals surface area contributed by atoms with Gasteiger partial charge in [-0.3, -0.25) is 4.79 Å². The summed E-state index contributed by atoms with van der Waals surface area (Å²) in [5.74, 6) is 6.87. The molecule has 1 amide bonds. The summed E-state index contributed by atoms with van der Waals surface area (Å²) in [6.45, 7) is 7.87. The van der Waals surface area contributed by atoms with Gasteiger partial charge in [-0.1, -0.05) is 31.8 Å². The normalized spacial score (nSPS) is 21.6. The largest absolute Gasteiger partial charge is 0.384 e. The maximum atomic E-state index is 12.7. The van der Waals surface area contributed by atoms with Crippen LogP contribution in [0.15, 0.2) is 18.2 Å². The van der Waals surface area contributed by atoms with E-state index in [1.807, 2.05) is 30.0 Å². The molecule has 2 unspecified atom stereocenters. The number of nitrogens with zero attached hydrogens (tertiary/aromatic N) is 1. The van der Waals surface area contributed by atoms with Crippen LogP contribution in [0, 0.1) is 30.6 Å². The zero-order chi connectivity index (χ0) is 15.4. The number of hydrogen-bond donors (Lipinski definition) is 1. The van der Waals surface area contributed by atoms with Crippen molar-refractivity contribution in [2.45, 2.75) is 27.2 Å². The van der Waals surface area contributed by atoms with E-state index in [1.165, 1.54) is 0 Å². The highest BCUT2D eigenvalue weighted by atomic mass is 16.2. The van der Waals surface area contributed by atoms with Gasteiger partial charge < -0.3 is 10.0 Å². The van der Waals surface area contributed by atoms with Gasteiger partial charge in [0.2, 0.25) is 0 Å². The Labute approximate surface area is 127 Å². The number of piperidine rings is 1. The molecule has 1 fully saturated rings. The summed E-state index contributed by atoms with van der Waals surface area (Å²) in [4.78, 5) is 14.7. The summed E-state index contributed by atoms with van der Waals surface area (Å²) in [6, 6.07) is 5.61. The van der Waals surface area contributed by atoms with Gasteiger partial charge in [-0.05, 0) is 42.9 Å². The quantitative estimate of drug-likeness (QED) is 0.805. The number of rotatable bonds is 1. The lowest BCUT2D eigenvalue weighted by Gasteiger charge is -2.35. The lowest BCUT2D eigenvalue weighted by Crippen LogP contribution is -2.42. The third-order valence-electron chi connectivity index (χ3n) is 4.49. The molecule has 1 saturated heterocycles. The van der Waals surface area contributed by atoms with Crippen LogP contribution in [0.2, 0.25) is 0 Å². The van der Waals surface area contributed by atoms with Crippen molar-refractivity contribution in [1.82, 2.24) is 4.90 Å². The molecule has 1 aromatic rings. The monoisotopic (exact) mass is 285 g/mol. The second kappa shape index (κ2) is 6.78. The van der Waals surface area contributed by atoms with E-state index >= 15 is 0 Å². The molecule has 3 nitrogen and oxygen atoms in total. The third kappa shape index (κ3) is 3.46. The maximum Gasteiger partial charge on any atom is 0.254 e. The van der Waals surface area contributed by atoms with Crippen molar-refractivity contribution in [2.24, 2.45) is 11.8 Å². The molecule has 2 rings (SSSR count). The molecule has 1 heterocycles. The second-order valence-corrected chi connectivity index (χ2v) is 5.93. The topological polar surface area (TPSA) is 40.5 Å². The summed E-state index contributed by atoms with van der Waals surface area (Å²) >= 11 is 0. The minimum absolute atomic E-state index is 0.0962. The number of likely N-dealkylation sites (tertiary alicyclic amines) is 1. The number of hydrogen-bond acceptors (Lipinski definition) is 2. The van der Waals surface area contributed by atoms with E-state index in [-0.39, 0.29) is 12.5 Å². The molecule has 0 saturated carbocycles. The van der Waals surface area contributed by atoms with Gasteiger partial charge >= 0.3 is 0 Å².